The zero-order valence-corrected chi connectivity index (χ0v) is 7.97. The summed E-state index contributed by atoms with van der Waals surface area (Å²) in [7, 11) is 0. The van der Waals surface area contributed by atoms with Crippen molar-refractivity contribution >= 4 is 40.1 Å². The largest absolute Gasteiger partial charge is 0.368 e. The van der Waals surface area contributed by atoms with Gasteiger partial charge in [0.2, 0.25) is 5.95 Å². The van der Waals surface area contributed by atoms with Crippen molar-refractivity contribution in [1.29, 1.82) is 0 Å². The van der Waals surface area contributed by atoms with Gasteiger partial charge in [0.1, 0.15) is 0 Å². The standard InChI is InChI=1S/C8H5Cl2N3/c9-5-1-2-6(10)7-4(5)3-12-8(11)13-7/h1-3H,(H2,11,12,13). The first-order valence-electron chi connectivity index (χ1n) is 3.55. The van der Waals surface area contributed by atoms with Gasteiger partial charge < -0.3 is 5.73 Å². The highest BCUT2D eigenvalue weighted by Crippen LogP contribution is 2.27. The quantitative estimate of drug-likeness (QED) is 0.732. The zero-order chi connectivity index (χ0) is 9.42. The molecule has 0 aliphatic rings. The van der Waals surface area contributed by atoms with Crippen molar-refractivity contribution in [3.63, 3.8) is 0 Å². The Hall–Kier alpha value is -1.06. The molecule has 1 heterocycles. The van der Waals surface area contributed by atoms with Gasteiger partial charge in [0.05, 0.1) is 15.6 Å². The lowest BCUT2D eigenvalue weighted by Crippen LogP contribution is -1.94. The van der Waals surface area contributed by atoms with Crippen LogP contribution in [0.15, 0.2) is 18.3 Å². The molecule has 0 aliphatic carbocycles. The van der Waals surface area contributed by atoms with Gasteiger partial charge in [-0.3, -0.25) is 0 Å². The SMILES string of the molecule is Nc1ncc2c(Cl)ccc(Cl)c2n1. The van der Waals surface area contributed by atoms with Crippen LogP contribution in [0.4, 0.5) is 5.95 Å². The minimum atomic E-state index is 0.191. The molecule has 0 aliphatic heterocycles. The fourth-order valence-electron chi connectivity index (χ4n) is 1.07. The van der Waals surface area contributed by atoms with E-state index in [1.165, 1.54) is 0 Å². The van der Waals surface area contributed by atoms with Gasteiger partial charge >= 0.3 is 0 Å². The molecular weight excluding hydrogens is 209 g/mol. The minimum Gasteiger partial charge on any atom is -0.368 e. The second kappa shape index (κ2) is 3.01. The van der Waals surface area contributed by atoms with E-state index in [4.69, 9.17) is 28.9 Å². The molecular formula is C8H5Cl2N3. The predicted octanol–water partition coefficient (Wildman–Crippen LogP) is 2.52. The van der Waals surface area contributed by atoms with Crippen molar-refractivity contribution < 1.29 is 0 Å². The van der Waals surface area contributed by atoms with Crippen molar-refractivity contribution in [3.05, 3.63) is 28.4 Å². The number of anilines is 1. The Morgan fingerprint density at radius 3 is 2.62 bits per heavy atom. The third kappa shape index (κ3) is 1.41. The summed E-state index contributed by atoms with van der Waals surface area (Å²) >= 11 is 11.8. The molecule has 0 unspecified atom stereocenters. The van der Waals surface area contributed by atoms with Crippen LogP contribution in [-0.2, 0) is 0 Å². The summed E-state index contributed by atoms with van der Waals surface area (Å²) in [5.41, 5.74) is 6.00. The summed E-state index contributed by atoms with van der Waals surface area (Å²) in [6, 6.07) is 3.38. The maximum Gasteiger partial charge on any atom is 0.220 e. The summed E-state index contributed by atoms with van der Waals surface area (Å²) in [5.74, 6) is 0.191. The number of aromatic nitrogens is 2. The summed E-state index contributed by atoms with van der Waals surface area (Å²) in [6.45, 7) is 0. The molecule has 66 valence electrons. The zero-order valence-electron chi connectivity index (χ0n) is 6.46. The van der Waals surface area contributed by atoms with Gasteiger partial charge in [0.15, 0.2) is 0 Å². The van der Waals surface area contributed by atoms with Crippen LogP contribution in [-0.4, -0.2) is 9.97 Å². The van der Waals surface area contributed by atoms with Gasteiger partial charge in [-0.2, -0.15) is 0 Å². The number of fused-ring (bicyclic) bond motifs is 1. The van der Waals surface area contributed by atoms with E-state index in [0.717, 1.165) is 0 Å². The van der Waals surface area contributed by atoms with E-state index in [1.54, 1.807) is 18.3 Å². The third-order valence-electron chi connectivity index (χ3n) is 1.67. The highest BCUT2D eigenvalue weighted by atomic mass is 35.5. The topological polar surface area (TPSA) is 51.8 Å². The van der Waals surface area contributed by atoms with E-state index in [2.05, 4.69) is 9.97 Å². The van der Waals surface area contributed by atoms with E-state index < -0.39 is 0 Å². The van der Waals surface area contributed by atoms with E-state index >= 15 is 0 Å². The first kappa shape index (κ1) is 8.53. The van der Waals surface area contributed by atoms with Gasteiger partial charge in [-0.15, -0.1) is 0 Å². The number of nitrogens with zero attached hydrogens (tertiary/aromatic N) is 2. The Labute approximate surface area is 84.5 Å². The molecule has 0 fully saturated rings. The minimum absolute atomic E-state index is 0.191. The Morgan fingerprint density at radius 2 is 1.85 bits per heavy atom. The van der Waals surface area contributed by atoms with E-state index in [1.807, 2.05) is 0 Å². The fraction of sp³-hybridized carbons (Fsp3) is 0. The van der Waals surface area contributed by atoms with Crippen LogP contribution in [0.25, 0.3) is 10.9 Å². The molecule has 0 amide bonds. The second-order valence-corrected chi connectivity index (χ2v) is 3.33. The normalized spacial score (nSPS) is 10.6. The van der Waals surface area contributed by atoms with Crippen molar-refractivity contribution in [2.45, 2.75) is 0 Å². The summed E-state index contributed by atoms with van der Waals surface area (Å²) in [4.78, 5) is 7.82. The van der Waals surface area contributed by atoms with Gasteiger partial charge in [-0.25, -0.2) is 9.97 Å². The van der Waals surface area contributed by atoms with Crippen molar-refractivity contribution in [1.82, 2.24) is 9.97 Å². The number of halogens is 2. The van der Waals surface area contributed by atoms with Crippen LogP contribution < -0.4 is 5.73 Å². The van der Waals surface area contributed by atoms with Gasteiger partial charge in [-0.05, 0) is 12.1 Å². The molecule has 1 aromatic heterocycles. The first-order chi connectivity index (χ1) is 6.18. The van der Waals surface area contributed by atoms with E-state index in [9.17, 15) is 0 Å². The lowest BCUT2D eigenvalue weighted by molar-refractivity contribution is 1.24. The van der Waals surface area contributed by atoms with Crippen LogP contribution in [0.2, 0.25) is 10.0 Å². The molecule has 0 atom stereocenters. The third-order valence-corrected chi connectivity index (χ3v) is 2.30. The summed E-state index contributed by atoms with van der Waals surface area (Å²) in [5, 5.41) is 1.80. The van der Waals surface area contributed by atoms with Crippen molar-refractivity contribution in [2.24, 2.45) is 0 Å². The Balaban J connectivity index is 2.92. The summed E-state index contributed by atoms with van der Waals surface area (Å²) < 4.78 is 0. The molecule has 2 N–H and O–H groups in total. The van der Waals surface area contributed by atoms with Gasteiger partial charge in [-0.1, -0.05) is 23.2 Å². The molecule has 0 saturated carbocycles. The molecule has 5 heteroatoms. The van der Waals surface area contributed by atoms with Crippen molar-refractivity contribution in [2.75, 3.05) is 5.73 Å². The van der Waals surface area contributed by atoms with Crippen LogP contribution in [0.3, 0.4) is 0 Å². The van der Waals surface area contributed by atoms with E-state index in [-0.39, 0.29) is 5.95 Å². The highest BCUT2D eigenvalue weighted by Gasteiger charge is 2.05. The number of nitrogens with two attached hydrogens (primary N) is 1. The number of hydrogen-bond acceptors (Lipinski definition) is 3. The molecule has 1 aromatic carbocycles. The lowest BCUT2D eigenvalue weighted by Gasteiger charge is -2.01. The Morgan fingerprint density at radius 1 is 1.15 bits per heavy atom. The maximum atomic E-state index is 5.90. The van der Waals surface area contributed by atoms with Crippen LogP contribution >= 0.6 is 23.2 Å². The molecule has 2 rings (SSSR count). The van der Waals surface area contributed by atoms with Gasteiger partial charge in [0.25, 0.3) is 0 Å². The van der Waals surface area contributed by atoms with Crippen LogP contribution in [0.1, 0.15) is 0 Å². The second-order valence-electron chi connectivity index (χ2n) is 2.52. The number of hydrogen-bond donors (Lipinski definition) is 1. The van der Waals surface area contributed by atoms with Crippen molar-refractivity contribution in [3.8, 4) is 0 Å². The highest BCUT2D eigenvalue weighted by molar-refractivity contribution is 6.39. The smallest absolute Gasteiger partial charge is 0.220 e. The van der Waals surface area contributed by atoms with Crippen LogP contribution in [0.5, 0.6) is 0 Å². The lowest BCUT2D eigenvalue weighted by atomic mass is 10.2. The van der Waals surface area contributed by atoms with Gasteiger partial charge in [0, 0.05) is 11.6 Å². The Bertz CT molecular complexity index is 470. The predicted molar refractivity (Wildman–Crippen MR) is 54.0 cm³/mol. The average Bonchev–Trinajstić information content (AvgIpc) is 2.12. The number of rotatable bonds is 0. The molecule has 3 nitrogen and oxygen atoms in total. The first-order valence-corrected chi connectivity index (χ1v) is 4.30. The molecule has 0 bridgehead atoms. The average molecular weight is 214 g/mol. The molecule has 0 radical (unpaired) electrons. The molecule has 0 saturated heterocycles. The molecule has 2 aromatic rings. The molecule has 13 heavy (non-hydrogen) atoms. The number of nitrogen functional groups attached to an aromatic ring is 1. The van der Waals surface area contributed by atoms with Crippen LogP contribution in [0, 0.1) is 0 Å². The molecule has 0 spiro atoms. The monoisotopic (exact) mass is 213 g/mol. The van der Waals surface area contributed by atoms with E-state index in [0.29, 0.717) is 20.9 Å². The Kier molecular flexibility index (Phi) is 1.98. The maximum absolute atomic E-state index is 5.90. The summed E-state index contributed by atoms with van der Waals surface area (Å²) in [6.07, 6.45) is 1.56. The fourth-order valence-corrected chi connectivity index (χ4v) is 1.48. The number of benzene rings is 1.